The predicted molar refractivity (Wildman–Crippen MR) is 142 cm³/mol. The van der Waals surface area contributed by atoms with Crippen LogP contribution in [0.3, 0.4) is 0 Å². The summed E-state index contributed by atoms with van der Waals surface area (Å²) in [6.07, 6.45) is 0.830. The second-order valence-corrected chi connectivity index (χ2v) is 9.03. The fourth-order valence-electron chi connectivity index (χ4n) is 3.12. The number of hydrogen-bond acceptors (Lipinski definition) is 4. The van der Waals surface area contributed by atoms with Gasteiger partial charge in [-0.25, -0.2) is 5.43 Å². The molecule has 0 unspecified atom stereocenters. The van der Waals surface area contributed by atoms with Crippen molar-refractivity contribution < 1.29 is 14.3 Å². The molecule has 9 heteroatoms. The van der Waals surface area contributed by atoms with E-state index in [0.717, 1.165) is 16.9 Å². The zero-order valence-electron chi connectivity index (χ0n) is 19.2. The van der Waals surface area contributed by atoms with Crippen LogP contribution in [0.4, 0.5) is 5.69 Å². The van der Waals surface area contributed by atoms with Crippen LogP contribution in [0.5, 0.6) is 5.75 Å². The van der Waals surface area contributed by atoms with E-state index in [0.29, 0.717) is 40.0 Å². The van der Waals surface area contributed by atoms with E-state index in [1.807, 2.05) is 19.1 Å². The van der Waals surface area contributed by atoms with Gasteiger partial charge in [-0.05, 0) is 79.9 Å². The lowest BCUT2D eigenvalue weighted by Crippen LogP contribution is -2.19. The number of benzene rings is 3. The highest BCUT2D eigenvalue weighted by atomic mass is 35.5. The zero-order valence-corrected chi connectivity index (χ0v) is 21.5. The molecule has 2 amide bonds. The quantitative estimate of drug-likeness (QED) is 0.179. The number of rotatable bonds is 9. The van der Waals surface area contributed by atoms with Crippen molar-refractivity contribution in [3.05, 3.63) is 92.4 Å². The number of hydrogen-bond donors (Lipinski definition) is 2. The maximum Gasteiger partial charge on any atom is 0.257 e. The molecule has 2 N–H and O–H groups in total. The number of aryl methyl sites for hydroxylation is 1. The average Bonchev–Trinajstić information content (AvgIpc) is 2.81. The Morgan fingerprint density at radius 3 is 2.31 bits per heavy atom. The number of amides is 2. The highest BCUT2D eigenvalue weighted by Crippen LogP contribution is 2.23. The predicted octanol–water partition coefficient (Wildman–Crippen LogP) is 6.91. The van der Waals surface area contributed by atoms with Crippen LogP contribution < -0.4 is 15.5 Å². The summed E-state index contributed by atoms with van der Waals surface area (Å²) >= 11 is 17.9. The molecule has 0 spiro atoms. The van der Waals surface area contributed by atoms with E-state index in [4.69, 9.17) is 39.5 Å². The number of ether oxygens (including phenoxy) is 1. The molecule has 0 heterocycles. The van der Waals surface area contributed by atoms with Crippen LogP contribution >= 0.6 is 34.8 Å². The van der Waals surface area contributed by atoms with Crippen molar-refractivity contribution in [1.82, 2.24) is 5.43 Å². The van der Waals surface area contributed by atoms with Crippen LogP contribution in [0, 0.1) is 6.92 Å². The largest absolute Gasteiger partial charge is 0.493 e. The molecule has 182 valence electrons. The fraction of sp³-hybridized carbons (Fsp3) is 0.192. The van der Waals surface area contributed by atoms with Crippen molar-refractivity contribution in [3.8, 4) is 5.75 Å². The molecule has 35 heavy (non-hydrogen) atoms. The summed E-state index contributed by atoms with van der Waals surface area (Å²) in [5, 5.41) is 8.33. The second kappa shape index (κ2) is 12.6. The van der Waals surface area contributed by atoms with Gasteiger partial charge >= 0.3 is 0 Å². The van der Waals surface area contributed by atoms with Gasteiger partial charge in [0, 0.05) is 22.2 Å². The minimum absolute atomic E-state index is 0.204. The molecule has 0 atom stereocenters. The van der Waals surface area contributed by atoms with E-state index in [1.54, 1.807) is 49.4 Å². The van der Waals surface area contributed by atoms with Gasteiger partial charge in [0.25, 0.3) is 5.91 Å². The summed E-state index contributed by atoms with van der Waals surface area (Å²) in [5.41, 5.74) is 5.86. The minimum atomic E-state index is -0.340. The first-order chi connectivity index (χ1) is 16.7. The molecular formula is C26H24Cl3N3O3. The van der Waals surface area contributed by atoms with Crippen molar-refractivity contribution in [2.75, 3.05) is 11.9 Å². The summed E-state index contributed by atoms with van der Waals surface area (Å²) in [6, 6.07) is 17.2. The number of anilines is 1. The fourth-order valence-corrected chi connectivity index (χ4v) is 3.84. The van der Waals surface area contributed by atoms with Gasteiger partial charge in [0.15, 0.2) is 0 Å². The zero-order chi connectivity index (χ0) is 25.4. The van der Waals surface area contributed by atoms with Crippen LogP contribution in [0.25, 0.3) is 0 Å². The van der Waals surface area contributed by atoms with Crippen LogP contribution in [0.1, 0.15) is 41.3 Å². The molecule has 0 aliphatic rings. The van der Waals surface area contributed by atoms with Gasteiger partial charge in [0.1, 0.15) is 5.75 Å². The number of nitrogens with one attached hydrogen (secondary N) is 2. The molecule has 0 saturated carbocycles. The van der Waals surface area contributed by atoms with E-state index in [-0.39, 0.29) is 23.3 Å². The van der Waals surface area contributed by atoms with Gasteiger partial charge in [0.2, 0.25) is 5.91 Å². The molecule has 0 bridgehead atoms. The van der Waals surface area contributed by atoms with E-state index in [2.05, 4.69) is 15.8 Å². The van der Waals surface area contributed by atoms with Crippen molar-refractivity contribution >= 4 is 58.0 Å². The molecule has 0 radical (unpaired) electrons. The Labute approximate surface area is 219 Å². The number of halogens is 3. The van der Waals surface area contributed by atoms with Gasteiger partial charge in [0.05, 0.1) is 22.9 Å². The van der Waals surface area contributed by atoms with Gasteiger partial charge in [-0.15, -0.1) is 0 Å². The standard InChI is InChI=1S/C26H24Cl3N3O3/c1-16-14-19(27)8-12-24(16)35-13-3-4-25(33)32-31-17(2)18-5-9-21(10-6-18)30-26(34)22-11-7-20(28)15-23(22)29/h5-12,14-15H,3-4,13H2,1-2H3,(H,30,34)(H,32,33). The van der Waals surface area contributed by atoms with Crippen molar-refractivity contribution in [1.29, 1.82) is 0 Å². The van der Waals surface area contributed by atoms with E-state index < -0.39 is 0 Å². The molecule has 0 aliphatic heterocycles. The van der Waals surface area contributed by atoms with E-state index in [9.17, 15) is 9.59 Å². The summed E-state index contributed by atoms with van der Waals surface area (Å²) in [6.45, 7) is 4.11. The molecule has 3 rings (SSSR count). The Hall–Kier alpha value is -3.06. The Balaban J connectivity index is 1.45. The van der Waals surface area contributed by atoms with Gasteiger partial charge < -0.3 is 10.1 Å². The molecule has 0 saturated heterocycles. The summed E-state index contributed by atoms with van der Waals surface area (Å²) in [4.78, 5) is 24.5. The molecule has 0 aliphatic carbocycles. The van der Waals surface area contributed by atoms with Crippen LogP contribution in [0.15, 0.2) is 65.8 Å². The normalized spacial score (nSPS) is 11.2. The van der Waals surface area contributed by atoms with Crippen LogP contribution in [0.2, 0.25) is 15.1 Å². The van der Waals surface area contributed by atoms with Gasteiger partial charge in [-0.3, -0.25) is 9.59 Å². The Kier molecular flexibility index (Phi) is 9.55. The lowest BCUT2D eigenvalue weighted by molar-refractivity contribution is -0.121. The van der Waals surface area contributed by atoms with Gasteiger partial charge in [-0.1, -0.05) is 46.9 Å². The molecular weight excluding hydrogens is 509 g/mol. The van der Waals surface area contributed by atoms with Crippen LogP contribution in [-0.4, -0.2) is 24.1 Å². The third-order valence-electron chi connectivity index (χ3n) is 5.03. The first-order valence-corrected chi connectivity index (χ1v) is 12.0. The lowest BCUT2D eigenvalue weighted by atomic mass is 10.1. The number of carbonyl (C=O) groups is 2. The SMILES string of the molecule is CC(=NNC(=O)CCCOc1ccc(Cl)cc1C)c1ccc(NC(=O)c2ccc(Cl)cc2Cl)cc1. The van der Waals surface area contributed by atoms with Gasteiger partial charge in [-0.2, -0.15) is 5.10 Å². The first-order valence-electron chi connectivity index (χ1n) is 10.8. The van der Waals surface area contributed by atoms with Crippen LogP contribution in [-0.2, 0) is 4.79 Å². The maximum absolute atomic E-state index is 12.4. The minimum Gasteiger partial charge on any atom is -0.493 e. The lowest BCUT2D eigenvalue weighted by Gasteiger charge is -2.09. The molecule has 3 aromatic rings. The average molecular weight is 533 g/mol. The third-order valence-corrected chi connectivity index (χ3v) is 5.81. The first kappa shape index (κ1) is 26.5. The summed E-state index contributed by atoms with van der Waals surface area (Å²) in [5.74, 6) is 0.205. The monoisotopic (exact) mass is 531 g/mol. The van der Waals surface area contributed by atoms with Crippen molar-refractivity contribution in [2.24, 2.45) is 5.10 Å². The molecule has 0 fully saturated rings. The topological polar surface area (TPSA) is 79.8 Å². The second-order valence-electron chi connectivity index (χ2n) is 7.75. The maximum atomic E-state index is 12.4. The number of hydrazone groups is 1. The Morgan fingerprint density at radius 2 is 1.63 bits per heavy atom. The number of nitrogens with zero attached hydrogens (tertiary/aromatic N) is 1. The number of carbonyl (C=O) groups excluding carboxylic acids is 2. The highest BCUT2D eigenvalue weighted by Gasteiger charge is 2.11. The highest BCUT2D eigenvalue weighted by molar-refractivity contribution is 6.37. The van der Waals surface area contributed by atoms with E-state index in [1.165, 1.54) is 6.07 Å². The Bertz CT molecular complexity index is 1240. The molecule has 3 aromatic carbocycles. The van der Waals surface area contributed by atoms with E-state index >= 15 is 0 Å². The summed E-state index contributed by atoms with van der Waals surface area (Å²) < 4.78 is 5.70. The van der Waals surface area contributed by atoms with Crippen molar-refractivity contribution in [3.63, 3.8) is 0 Å². The molecule has 6 nitrogen and oxygen atoms in total. The summed E-state index contributed by atoms with van der Waals surface area (Å²) in [7, 11) is 0. The smallest absolute Gasteiger partial charge is 0.257 e. The Morgan fingerprint density at radius 1 is 0.943 bits per heavy atom. The molecule has 0 aromatic heterocycles. The third kappa shape index (κ3) is 7.99. The van der Waals surface area contributed by atoms with Crippen molar-refractivity contribution in [2.45, 2.75) is 26.7 Å².